The van der Waals surface area contributed by atoms with Gasteiger partial charge >= 0.3 is 5.97 Å². The van der Waals surface area contributed by atoms with Crippen LogP contribution >= 0.6 is 0 Å². The van der Waals surface area contributed by atoms with Crippen molar-refractivity contribution in [3.8, 4) is 0 Å². The molecule has 1 aliphatic heterocycles. The van der Waals surface area contributed by atoms with Crippen molar-refractivity contribution in [2.45, 2.75) is 0 Å². The number of fused-ring (bicyclic) bond motifs is 1. The molecule has 1 fully saturated rings. The van der Waals surface area contributed by atoms with E-state index in [2.05, 4.69) is 26.3 Å². The highest BCUT2D eigenvalue weighted by atomic mass is 16.4. The number of hydrogen-bond acceptors (Lipinski definition) is 6. The number of aromatic nitrogens is 3. The largest absolute Gasteiger partial charge is 0.477 e. The Morgan fingerprint density at radius 3 is 2.39 bits per heavy atom. The first-order valence-electron chi connectivity index (χ1n) is 8.91. The van der Waals surface area contributed by atoms with Gasteiger partial charge in [0.15, 0.2) is 0 Å². The van der Waals surface area contributed by atoms with E-state index in [-0.39, 0.29) is 10.9 Å². The lowest BCUT2D eigenvalue weighted by Crippen LogP contribution is -2.47. The van der Waals surface area contributed by atoms with Crippen molar-refractivity contribution < 1.29 is 9.90 Å². The fourth-order valence-electron chi connectivity index (χ4n) is 3.39. The summed E-state index contributed by atoms with van der Waals surface area (Å²) >= 11 is 0. The van der Waals surface area contributed by atoms with E-state index in [1.165, 1.54) is 17.0 Å². The summed E-state index contributed by atoms with van der Waals surface area (Å²) in [5, 5.41) is 9.50. The fourth-order valence-corrected chi connectivity index (χ4v) is 3.39. The van der Waals surface area contributed by atoms with Crippen LogP contribution in [-0.2, 0) is 0 Å². The molecule has 142 valence electrons. The van der Waals surface area contributed by atoms with Gasteiger partial charge in [0.2, 0.25) is 5.43 Å². The molecule has 8 nitrogen and oxygen atoms in total. The first-order valence-corrected chi connectivity index (χ1v) is 8.91. The van der Waals surface area contributed by atoms with Crippen LogP contribution in [0.3, 0.4) is 0 Å². The van der Waals surface area contributed by atoms with Crippen molar-refractivity contribution in [3.05, 3.63) is 65.1 Å². The Bertz CT molecular complexity index is 1100. The first-order chi connectivity index (χ1) is 13.6. The lowest BCUT2D eigenvalue weighted by atomic mass is 10.2. The number of carboxylic acid groups (broad SMARTS) is 1. The molecule has 0 aliphatic carbocycles. The van der Waals surface area contributed by atoms with Crippen LogP contribution in [0.1, 0.15) is 10.4 Å². The lowest BCUT2D eigenvalue weighted by molar-refractivity contribution is 0.0695. The summed E-state index contributed by atoms with van der Waals surface area (Å²) in [7, 11) is 0. The van der Waals surface area contributed by atoms with Gasteiger partial charge in [0.25, 0.3) is 0 Å². The van der Waals surface area contributed by atoms with Gasteiger partial charge in [-0.2, -0.15) is 0 Å². The van der Waals surface area contributed by atoms with Crippen molar-refractivity contribution in [1.82, 2.24) is 14.5 Å². The van der Waals surface area contributed by atoms with E-state index in [1.807, 2.05) is 18.2 Å². The van der Waals surface area contributed by atoms with E-state index in [9.17, 15) is 14.7 Å². The third-order valence-corrected chi connectivity index (χ3v) is 4.87. The highest BCUT2D eigenvalue weighted by molar-refractivity contribution is 5.92. The number of anilines is 2. The third-order valence-electron chi connectivity index (χ3n) is 4.87. The molecule has 4 rings (SSSR count). The number of piperazine rings is 1. The van der Waals surface area contributed by atoms with Crippen LogP contribution < -0.4 is 15.2 Å². The number of carbonyl (C=O) groups is 1. The number of carboxylic acids is 1. The summed E-state index contributed by atoms with van der Waals surface area (Å²) in [5.41, 5.74) is -0.444. The maximum atomic E-state index is 12.4. The van der Waals surface area contributed by atoms with E-state index in [0.29, 0.717) is 5.65 Å². The van der Waals surface area contributed by atoms with Crippen LogP contribution in [-0.4, -0.2) is 51.8 Å². The van der Waals surface area contributed by atoms with E-state index >= 15 is 0 Å². The number of rotatable bonds is 4. The number of aromatic carboxylic acids is 1. The average Bonchev–Trinajstić information content (AvgIpc) is 2.74. The van der Waals surface area contributed by atoms with Gasteiger partial charge in [-0.15, -0.1) is 0 Å². The molecule has 4 heterocycles. The number of pyridine rings is 3. The topological polar surface area (TPSA) is 91.6 Å². The van der Waals surface area contributed by atoms with Crippen molar-refractivity contribution >= 4 is 34.8 Å². The smallest absolute Gasteiger partial charge is 0.341 e. The number of hydrogen-bond donors (Lipinski definition) is 1. The highest BCUT2D eigenvalue weighted by Crippen LogP contribution is 2.20. The Kier molecular flexibility index (Phi) is 4.52. The van der Waals surface area contributed by atoms with Gasteiger partial charge in [0, 0.05) is 44.8 Å². The standard InChI is InChI=1S/C20H19N5O3/c1-2-23-13-15(20(27)28)18(26)14-6-7-17(22-19(14)23)25-11-9-24(10-12-25)16-5-3-4-8-21-16/h2-8,13H,1,9-12H2,(H,27,28). The van der Waals surface area contributed by atoms with E-state index in [0.717, 1.165) is 37.8 Å². The minimum absolute atomic E-state index is 0.260. The Hall–Kier alpha value is -3.68. The second-order valence-corrected chi connectivity index (χ2v) is 6.47. The van der Waals surface area contributed by atoms with Crippen LogP contribution in [0.25, 0.3) is 17.2 Å². The maximum Gasteiger partial charge on any atom is 0.341 e. The summed E-state index contributed by atoms with van der Waals surface area (Å²) < 4.78 is 1.48. The molecule has 3 aromatic heterocycles. The number of nitrogens with zero attached hydrogens (tertiary/aromatic N) is 5. The first kappa shape index (κ1) is 17.7. The van der Waals surface area contributed by atoms with E-state index in [1.54, 1.807) is 18.3 Å². The quantitative estimate of drug-likeness (QED) is 0.743. The summed E-state index contributed by atoms with van der Waals surface area (Å²) in [4.78, 5) is 37.1. The monoisotopic (exact) mass is 377 g/mol. The maximum absolute atomic E-state index is 12.4. The predicted octanol–water partition coefficient (Wildman–Crippen LogP) is 1.92. The molecule has 0 aromatic carbocycles. The lowest BCUT2D eigenvalue weighted by Gasteiger charge is -2.36. The molecule has 0 saturated carbocycles. The minimum atomic E-state index is -1.27. The van der Waals surface area contributed by atoms with Crippen LogP contribution in [0, 0.1) is 0 Å². The Morgan fingerprint density at radius 1 is 1.07 bits per heavy atom. The molecule has 1 aliphatic rings. The molecule has 0 spiro atoms. The molecule has 1 saturated heterocycles. The van der Waals surface area contributed by atoms with Gasteiger partial charge < -0.3 is 19.5 Å². The zero-order chi connectivity index (χ0) is 19.7. The SMILES string of the molecule is C=Cn1cc(C(=O)O)c(=O)c2ccc(N3CCN(c4ccccn4)CC3)nc21. The van der Waals surface area contributed by atoms with Gasteiger partial charge in [-0.25, -0.2) is 14.8 Å². The van der Waals surface area contributed by atoms with Gasteiger partial charge in [-0.3, -0.25) is 4.79 Å². The second kappa shape index (κ2) is 7.15. The third kappa shape index (κ3) is 3.09. The van der Waals surface area contributed by atoms with Crippen molar-refractivity contribution in [3.63, 3.8) is 0 Å². The Morgan fingerprint density at radius 2 is 1.79 bits per heavy atom. The molecule has 0 atom stereocenters. The molecule has 0 unspecified atom stereocenters. The Labute approximate surface area is 161 Å². The van der Waals surface area contributed by atoms with Crippen molar-refractivity contribution in [1.29, 1.82) is 0 Å². The van der Waals surface area contributed by atoms with Gasteiger partial charge in [-0.1, -0.05) is 12.6 Å². The van der Waals surface area contributed by atoms with Gasteiger partial charge in [-0.05, 0) is 24.3 Å². The average molecular weight is 377 g/mol. The zero-order valence-electron chi connectivity index (χ0n) is 15.2. The van der Waals surface area contributed by atoms with E-state index in [4.69, 9.17) is 0 Å². The predicted molar refractivity (Wildman–Crippen MR) is 108 cm³/mol. The molecule has 0 amide bonds. The van der Waals surface area contributed by atoms with Crippen LogP contribution in [0.4, 0.5) is 11.6 Å². The molecule has 3 aromatic rings. The van der Waals surface area contributed by atoms with Crippen molar-refractivity contribution in [2.75, 3.05) is 36.0 Å². The molecule has 0 bridgehead atoms. The summed E-state index contributed by atoms with van der Waals surface area (Å²) in [6.45, 7) is 6.84. The normalized spacial score (nSPS) is 14.3. The summed E-state index contributed by atoms with van der Waals surface area (Å²) in [5.74, 6) is 0.429. The van der Waals surface area contributed by atoms with Gasteiger partial charge in [0.05, 0.1) is 5.39 Å². The molecule has 0 radical (unpaired) electrons. The van der Waals surface area contributed by atoms with Crippen LogP contribution in [0.15, 0.2) is 54.1 Å². The van der Waals surface area contributed by atoms with Crippen molar-refractivity contribution in [2.24, 2.45) is 0 Å². The molecule has 8 heteroatoms. The zero-order valence-corrected chi connectivity index (χ0v) is 15.2. The molecule has 1 N–H and O–H groups in total. The Balaban J connectivity index is 1.64. The molecular formula is C20H19N5O3. The second-order valence-electron chi connectivity index (χ2n) is 6.47. The van der Waals surface area contributed by atoms with Crippen LogP contribution in [0.2, 0.25) is 0 Å². The van der Waals surface area contributed by atoms with Gasteiger partial charge in [0.1, 0.15) is 22.8 Å². The van der Waals surface area contributed by atoms with E-state index < -0.39 is 11.4 Å². The highest BCUT2D eigenvalue weighted by Gasteiger charge is 2.21. The molecule has 28 heavy (non-hydrogen) atoms. The summed E-state index contributed by atoms with van der Waals surface area (Å²) in [6, 6.07) is 9.26. The molecular weight excluding hydrogens is 358 g/mol. The van der Waals surface area contributed by atoms with Crippen LogP contribution in [0.5, 0.6) is 0 Å². The summed E-state index contributed by atoms with van der Waals surface area (Å²) in [6.07, 6.45) is 4.49. The fraction of sp³-hybridized carbons (Fsp3) is 0.200. The minimum Gasteiger partial charge on any atom is -0.477 e.